The van der Waals surface area contributed by atoms with Gasteiger partial charge < -0.3 is 14.6 Å². The Hall–Kier alpha value is -2.15. The Kier molecular flexibility index (Phi) is 3.96. The first kappa shape index (κ1) is 13.3. The number of ether oxygens (including phenoxy) is 2. The smallest absolute Gasteiger partial charge is 0.339 e. The van der Waals surface area contributed by atoms with Crippen molar-refractivity contribution in [3.8, 4) is 17.4 Å². The number of halogens is 1. The lowest BCUT2D eigenvalue weighted by molar-refractivity contribution is 0.0693. The molecule has 6 nitrogen and oxygen atoms in total. The highest BCUT2D eigenvalue weighted by Crippen LogP contribution is 2.36. The summed E-state index contributed by atoms with van der Waals surface area (Å²) < 4.78 is 11.1. The predicted octanol–water partition coefficient (Wildman–Crippen LogP) is 2.74. The van der Waals surface area contributed by atoms with E-state index < -0.39 is 5.97 Å². The number of methoxy groups -OCH3 is 1. The molecule has 0 atom stereocenters. The van der Waals surface area contributed by atoms with Crippen LogP contribution in [0.5, 0.6) is 17.4 Å². The maximum Gasteiger partial charge on any atom is 0.339 e. The van der Waals surface area contributed by atoms with E-state index in [4.69, 9.17) is 14.6 Å². The van der Waals surface area contributed by atoms with Gasteiger partial charge >= 0.3 is 5.97 Å². The van der Waals surface area contributed by atoms with Crippen molar-refractivity contribution < 1.29 is 19.4 Å². The first-order chi connectivity index (χ1) is 9.13. The summed E-state index contributed by atoms with van der Waals surface area (Å²) in [5, 5.41) is 9.15. The van der Waals surface area contributed by atoms with Crippen LogP contribution in [0.2, 0.25) is 0 Å². The minimum atomic E-state index is -1.11. The highest BCUT2D eigenvalue weighted by Gasteiger charge is 2.18. The van der Waals surface area contributed by atoms with Crippen molar-refractivity contribution in [3.05, 3.63) is 40.8 Å². The van der Waals surface area contributed by atoms with Gasteiger partial charge in [0.1, 0.15) is 11.9 Å². The van der Waals surface area contributed by atoms with Crippen LogP contribution in [-0.2, 0) is 0 Å². The summed E-state index contributed by atoms with van der Waals surface area (Å²) in [6, 6.07) is 4.61. The van der Waals surface area contributed by atoms with Gasteiger partial charge in [0, 0.05) is 6.20 Å². The first-order valence-electron chi connectivity index (χ1n) is 5.17. The highest BCUT2D eigenvalue weighted by molar-refractivity contribution is 9.10. The van der Waals surface area contributed by atoms with Gasteiger partial charge in [-0.05, 0) is 28.1 Å². The van der Waals surface area contributed by atoms with E-state index in [1.807, 2.05) is 0 Å². The lowest BCUT2D eigenvalue weighted by Gasteiger charge is -2.12. The third-order valence-electron chi connectivity index (χ3n) is 2.26. The number of rotatable bonds is 4. The molecular weight excluding hydrogens is 316 g/mol. The molecule has 0 bridgehead atoms. The largest absolute Gasteiger partial charge is 0.493 e. The van der Waals surface area contributed by atoms with Gasteiger partial charge in [0.2, 0.25) is 5.88 Å². The summed E-state index contributed by atoms with van der Waals surface area (Å²) in [5.41, 5.74) is -0.00939. The summed E-state index contributed by atoms with van der Waals surface area (Å²) in [4.78, 5) is 18.9. The van der Waals surface area contributed by atoms with Crippen LogP contribution in [0.15, 0.2) is 35.2 Å². The van der Waals surface area contributed by atoms with Crippen LogP contribution in [-0.4, -0.2) is 28.2 Å². The van der Waals surface area contributed by atoms with E-state index in [1.54, 1.807) is 12.1 Å². The number of hydrogen-bond donors (Lipinski definition) is 1. The summed E-state index contributed by atoms with van der Waals surface area (Å²) in [6.07, 6.45) is 2.80. The molecule has 0 aliphatic carbocycles. The monoisotopic (exact) mass is 324 g/mol. The number of para-hydroxylation sites is 1. The molecule has 0 fully saturated rings. The highest BCUT2D eigenvalue weighted by atomic mass is 79.9. The van der Waals surface area contributed by atoms with Crippen LogP contribution in [0, 0.1) is 0 Å². The molecule has 2 aromatic rings. The first-order valence-corrected chi connectivity index (χ1v) is 5.96. The zero-order valence-corrected chi connectivity index (χ0v) is 11.4. The van der Waals surface area contributed by atoms with Gasteiger partial charge in [0.15, 0.2) is 11.5 Å². The molecule has 98 valence electrons. The zero-order valence-electron chi connectivity index (χ0n) is 9.83. The molecule has 0 aliphatic heterocycles. The third-order valence-corrected chi connectivity index (χ3v) is 2.81. The van der Waals surface area contributed by atoms with E-state index in [9.17, 15) is 4.79 Å². The Morgan fingerprint density at radius 2 is 2.21 bits per heavy atom. The molecule has 1 N–H and O–H groups in total. The fraction of sp³-hybridized carbons (Fsp3) is 0.0833. The van der Waals surface area contributed by atoms with Crippen molar-refractivity contribution in [2.45, 2.75) is 0 Å². The minimum absolute atomic E-state index is 0.00939. The van der Waals surface area contributed by atoms with E-state index >= 15 is 0 Å². The van der Waals surface area contributed by atoms with Crippen LogP contribution in [0.25, 0.3) is 0 Å². The molecule has 1 aromatic heterocycles. The van der Waals surface area contributed by atoms with Gasteiger partial charge in [-0.15, -0.1) is 0 Å². The second kappa shape index (κ2) is 5.66. The Morgan fingerprint density at radius 3 is 2.84 bits per heavy atom. The number of nitrogens with zero attached hydrogens (tertiary/aromatic N) is 2. The molecule has 0 saturated carbocycles. The normalized spacial score (nSPS) is 10.0. The second-order valence-corrected chi connectivity index (χ2v) is 4.27. The Bertz CT molecular complexity index is 618. The van der Waals surface area contributed by atoms with E-state index in [2.05, 4.69) is 25.9 Å². The molecule has 7 heteroatoms. The summed E-state index contributed by atoms with van der Waals surface area (Å²) in [7, 11) is 1.43. The molecular formula is C12H9BrN2O4. The Labute approximate surface area is 117 Å². The average molecular weight is 325 g/mol. The average Bonchev–Trinajstić information content (AvgIpc) is 2.41. The van der Waals surface area contributed by atoms with Crippen LogP contribution in [0.1, 0.15) is 10.4 Å². The van der Waals surface area contributed by atoms with Gasteiger partial charge in [-0.3, -0.25) is 0 Å². The van der Waals surface area contributed by atoms with Crippen molar-refractivity contribution in [3.63, 3.8) is 0 Å². The standard InChI is InChI=1S/C12H9BrN2O4/c1-18-9-4-2-3-7(12(16)17)10(9)19-11-8(13)5-14-6-15-11/h2-6H,1H3,(H,16,17). The lowest BCUT2D eigenvalue weighted by Crippen LogP contribution is -2.02. The molecule has 0 unspecified atom stereocenters. The van der Waals surface area contributed by atoms with Gasteiger partial charge in [-0.1, -0.05) is 6.07 Å². The van der Waals surface area contributed by atoms with Crippen LogP contribution < -0.4 is 9.47 Å². The molecule has 1 heterocycles. The molecule has 1 aromatic carbocycles. The summed E-state index contributed by atoms with van der Waals surface area (Å²) in [6.45, 7) is 0. The van der Waals surface area contributed by atoms with E-state index in [1.165, 1.54) is 25.7 Å². The zero-order chi connectivity index (χ0) is 13.8. The van der Waals surface area contributed by atoms with Gasteiger partial charge in [0.05, 0.1) is 11.6 Å². The second-order valence-electron chi connectivity index (χ2n) is 3.42. The number of benzene rings is 1. The topological polar surface area (TPSA) is 81.5 Å². The number of aromatic carboxylic acids is 1. The van der Waals surface area contributed by atoms with Gasteiger partial charge in [-0.25, -0.2) is 14.8 Å². The molecule has 2 rings (SSSR count). The van der Waals surface area contributed by atoms with Gasteiger partial charge in [0.25, 0.3) is 0 Å². The van der Waals surface area contributed by atoms with Crippen LogP contribution in [0.3, 0.4) is 0 Å². The number of carbonyl (C=O) groups is 1. The number of carboxylic acid groups (broad SMARTS) is 1. The molecule has 0 spiro atoms. The summed E-state index contributed by atoms with van der Waals surface area (Å²) in [5.74, 6) is -0.497. The quantitative estimate of drug-likeness (QED) is 0.931. The van der Waals surface area contributed by atoms with Crippen molar-refractivity contribution in [2.24, 2.45) is 0 Å². The minimum Gasteiger partial charge on any atom is -0.493 e. The van der Waals surface area contributed by atoms with E-state index in [0.29, 0.717) is 10.2 Å². The Balaban J connectivity index is 2.49. The van der Waals surface area contributed by atoms with E-state index in [-0.39, 0.29) is 17.2 Å². The maximum atomic E-state index is 11.2. The van der Waals surface area contributed by atoms with Crippen LogP contribution >= 0.6 is 15.9 Å². The third kappa shape index (κ3) is 2.82. The van der Waals surface area contributed by atoms with Crippen molar-refractivity contribution in [2.75, 3.05) is 7.11 Å². The molecule has 0 radical (unpaired) electrons. The van der Waals surface area contributed by atoms with Crippen molar-refractivity contribution in [1.82, 2.24) is 9.97 Å². The van der Waals surface area contributed by atoms with Gasteiger partial charge in [-0.2, -0.15) is 0 Å². The fourth-order valence-corrected chi connectivity index (χ4v) is 1.72. The van der Waals surface area contributed by atoms with E-state index in [0.717, 1.165) is 0 Å². The van der Waals surface area contributed by atoms with Crippen molar-refractivity contribution in [1.29, 1.82) is 0 Å². The Morgan fingerprint density at radius 1 is 1.42 bits per heavy atom. The predicted molar refractivity (Wildman–Crippen MR) is 69.8 cm³/mol. The number of hydrogen-bond acceptors (Lipinski definition) is 5. The number of carboxylic acids is 1. The molecule has 19 heavy (non-hydrogen) atoms. The van der Waals surface area contributed by atoms with Crippen molar-refractivity contribution >= 4 is 21.9 Å². The molecule has 0 amide bonds. The number of aromatic nitrogens is 2. The molecule has 0 saturated heterocycles. The lowest BCUT2D eigenvalue weighted by atomic mass is 10.2. The van der Waals surface area contributed by atoms with Crippen LogP contribution in [0.4, 0.5) is 0 Å². The fourth-order valence-electron chi connectivity index (χ4n) is 1.42. The molecule has 0 aliphatic rings. The maximum absolute atomic E-state index is 11.2. The summed E-state index contributed by atoms with van der Waals surface area (Å²) >= 11 is 3.22. The SMILES string of the molecule is COc1cccc(C(=O)O)c1Oc1ncncc1Br.